The fourth-order valence-corrected chi connectivity index (χ4v) is 4.37. The predicted molar refractivity (Wildman–Crippen MR) is 111 cm³/mol. The number of morpholine rings is 1. The van der Waals surface area contributed by atoms with Gasteiger partial charge in [0.25, 0.3) is 0 Å². The molecule has 2 unspecified atom stereocenters. The van der Waals surface area contributed by atoms with Crippen LogP contribution in [0, 0.1) is 5.92 Å². The number of hydrogen-bond acceptors (Lipinski definition) is 7. The Morgan fingerprint density at radius 2 is 2.03 bits per heavy atom. The number of hydrazone groups is 1. The molecule has 5 rings (SSSR count). The summed E-state index contributed by atoms with van der Waals surface area (Å²) in [7, 11) is 1.74. The molecule has 1 saturated heterocycles. The summed E-state index contributed by atoms with van der Waals surface area (Å²) in [4.78, 5) is 7.58. The molecular weight excluding hydrogens is 368 g/mol. The summed E-state index contributed by atoms with van der Waals surface area (Å²) in [5.74, 6) is 1.64. The van der Waals surface area contributed by atoms with Gasteiger partial charge in [-0.2, -0.15) is 10.2 Å². The van der Waals surface area contributed by atoms with Gasteiger partial charge in [-0.3, -0.25) is 9.67 Å². The number of aromatic nitrogens is 2. The number of amidine groups is 1. The summed E-state index contributed by atoms with van der Waals surface area (Å²) in [6, 6.07) is 0.343. The molecule has 1 aromatic heterocycles. The van der Waals surface area contributed by atoms with Gasteiger partial charge < -0.3 is 14.4 Å². The third-order valence-electron chi connectivity index (χ3n) is 6.27. The standard InChI is InChI=1S/C21H30N6O2/c1-21(2,28-3)14-26-13-16(12-23-26)19-18(15-4-5-15)24-20-17(6-7-22-27(19)20)25-8-10-29-11-9-25/h6-7,12-13,15,18-19H,4-5,8-11,14H2,1-3H3. The summed E-state index contributed by atoms with van der Waals surface area (Å²) in [5.41, 5.74) is 2.09. The largest absolute Gasteiger partial charge is 0.378 e. The maximum Gasteiger partial charge on any atom is 0.169 e. The van der Waals surface area contributed by atoms with Crippen LogP contribution < -0.4 is 0 Å². The van der Waals surface area contributed by atoms with Crippen molar-refractivity contribution in [3.05, 3.63) is 29.7 Å². The van der Waals surface area contributed by atoms with E-state index < -0.39 is 0 Å². The molecule has 3 aliphatic heterocycles. The van der Waals surface area contributed by atoms with E-state index in [-0.39, 0.29) is 17.7 Å². The molecule has 1 saturated carbocycles. The van der Waals surface area contributed by atoms with Gasteiger partial charge in [0.1, 0.15) is 6.04 Å². The van der Waals surface area contributed by atoms with Gasteiger partial charge >= 0.3 is 0 Å². The first-order valence-electron chi connectivity index (χ1n) is 10.6. The van der Waals surface area contributed by atoms with Crippen molar-refractivity contribution in [1.82, 2.24) is 19.7 Å². The lowest BCUT2D eigenvalue weighted by Gasteiger charge is -2.35. The van der Waals surface area contributed by atoms with Crippen molar-refractivity contribution in [2.75, 3.05) is 33.4 Å². The van der Waals surface area contributed by atoms with E-state index in [4.69, 9.17) is 19.6 Å². The minimum atomic E-state index is -0.258. The second-order valence-electron chi connectivity index (χ2n) is 8.92. The molecule has 0 N–H and O–H groups in total. The van der Waals surface area contributed by atoms with Gasteiger partial charge in [0, 0.05) is 38.2 Å². The number of fused-ring (bicyclic) bond motifs is 1. The Labute approximate surface area is 171 Å². The summed E-state index contributed by atoms with van der Waals surface area (Å²) < 4.78 is 13.1. The molecule has 4 heterocycles. The molecule has 0 radical (unpaired) electrons. The molecule has 0 amide bonds. The lowest BCUT2D eigenvalue weighted by atomic mass is 9.99. The van der Waals surface area contributed by atoms with Gasteiger partial charge in [0.15, 0.2) is 5.84 Å². The molecule has 1 aromatic rings. The zero-order valence-electron chi connectivity index (χ0n) is 17.5. The Balaban J connectivity index is 1.42. The first kappa shape index (κ1) is 18.8. The Hall–Kier alpha value is -2.19. The minimum absolute atomic E-state index is 0.109. The maximum atomic E-state index is 5.57. The van der Waals surface area contributed by atoms with Gasteiger partial charge in [0.05, 0.1) is 43.3 Å². The van der Waals surface area contributed by atoms with Crippen molar-refractivity contribution in [3.8, 4) is 0 Å². The molecule has 29 heavy (non-hydrogen) atoms. The summed E-state index contributed by atoms with van der Waals surface area (Å²) in [5, 5.41) is 11.5. The van der Waals surface area contributed by atoms with E-state index in [1.54, 1.807) is 7.11 Å². The smallest absolute Gasteiger partial charge is 0.169 e. The van der Waals surface area contributed by atoms with Crippen LogP contribution in [0.5, 0.6) is 0 Å². The second kappa shape index (κ2) is 7.25. The molecule has 0 bridgehead atoms. The third kappa shape index (κ3) is 3.59. The van der Waals surface area contributed by atoms with Gasteiger partial charge in [-0.25, -0.2) is 5.01 Å². The highest BCUT2D eigenvalue weighted by molar-refractivity contribution is 6.04. The molecule has 0 aromatic carbocycles. The molecule has 8 nitrogen and oxygen atoms in total. The molecule has 8 heteroatoms. The van der Waals surface area contributed by atoms with Crippen molar-refractivity contribution in [2.45, 2.75) is 50.9 Å². The van der Waals surface area contributed by atoms with Crippen LogP contribution in [0.1, 0.15) is 38.3 Å². The zero-order valence-corrected chi connectivity index (χ0v) is 17.5. The highest BCUT2D eigenvalue weighted by Crippen LogP contribution is 2.47. The van der Waals surface area contributed by atoms with Gasteiger partial charge in [-0.1, -0.05) is 0 Å². The number of allylic oxidation sites excluding steroid dienone is 1. The van der Waals surface area contributed by atoms with Crippen molar-refractivity contribution in [2.24, 2.45) is 16.0 Å². The Morgan fingerprint density at radius 3 is 2.76 bits per heavy atom. The molecule has 1 aliphatic carbocycles. The van der Waals surface area contributed by atoms with Crippen LogP contribution in [0.25, 0.3) is 0 Å². The van der Waals surface area contributed by atoms with E-state index in [1.165, 1.54) is 24.1 Å². The Morgan fingerprint density at radius 1 is 1.24 bits per heavy atom. The molecule has 2 fully saturated rings. The van der Waals surface area contributed by atoms with Crippen LogP contribution in [-0.2, 0) is 16.0 Å². The molecular formula is C21H30N6O2. The van der Waals surface area contributed by atoms with E-state index in [0.29, 0.717) is 12.5 Å². The van der Waals surface area contributed by atoms with Gasteiger partial charge in [0.2, 0.25) is 0 Å². The highest BCUT2D eigenvalue weighted by atomic mass is 16.5. The maximum absolute atomic E-state index is 5.57. The van der Waals surface area contributed by atoms with E-state index >= 15 is 0 Å². The van der Waals surface area contributed by atoms with Crippen molar-refractivity contribution < 1.29 is 9.47 Å². The third-order valence-corrected chi connectivity index (χ3v) is 6.27. The second-order valence-corrected chi connectivity index (χ2v) is 8.92. The number of hydrogen-bond donors (Lipinski definition) is 0. The van der Waals surface area contributed by atoms with Crippen LogP contribution in [0.4, 0.5) is 0 Å². The normalized spacial score (nSPS) is 27.1. The number of rotatable bonds is 6. The first-order valence-corrected chi connectivity index (χ1v) is 10.6. The predicted octanol–water partition coefficient (Wildman–Crippen LogP) is 2.06. The topological polar surface area (TPSA) is 67.5 Å². The molecule has 2 atom stereocenters. The lowest BCUT2D eigenvalue weighted by molar-refractivity contribution is 0.00538. The van der Waals surface area contributed by atoms with E-state index in [9.17, 15) is 0 Å². The van der Waals surface area contributed by atoms with Crippen molar-refractivity contribution in [1.29, 1.82) is 0 Å². The first-order chi connectivity index (χ1) is 14.1. The number of aliphatic imine (C=N–C) groups is 1. The van der Waals surface area contributed by atoms with Crippen LogP contribution in [-0.4, -0.2) is 76.8 Å². The number of methoxy groups -OCH3 is 1. The number of nitrogens with zero attached hydrogens (tertiary/aromatic N) is 6. The summed E-state index contributed by atoms with van der Waals surface area (Å²) in [6.45, 7) is 8.18. The lowest BCUT2D eigenvalue weighted by Crippen LogP contribution is -2.42. The zero-order chi connectivity index (χ0) is 20.0. The quantitative estimate of drug-likeness (QED) is 0.734. The Kier molecular flexibility index (Phi) is 4.70. The van der Waals surface area contributed by atoms with E-state index in [0.717, 1.165) is 32.1 Å². The van der Waals surface area contributed by atoms with Crippen molar-refractivity contribution in [3.63, 3.8) is 0 Å². The van der Waals surface area contributed by atoms with Crippen LogP contribution in [0.3, 0.4) is 0 Å². The summed E-state index contributed by atoms with van der Waals surface area (Å²) in [6.07, 6.45) is 10.6. The SMILES string of the molecule is COC(C)(C)Cn1cc(C2C(C3CC3)N=C3C(N4CCOCC4)=CC=NN32)cn1. The number of ether oxygens (including phenoxy) is 2. The molecule has 156 valence electrons. The highest BCUT2D eigenvalue weighted by Gasteiger charge is 2.48. The van der Waals surface area contributed by atoms with E-state index in [1.807, 2.05) is 17.1 Å². The minimum Gasteiger partial charge on any atom is -0.378 e. The average molecular weight is 399 g/mol. The fraction of sp³-hybridized carbons (Fsp3) is 0.667. The fourth-order valence-electron chi connectivity index (χ4n) is 4.37. The molecule has 4 aliphatic rings. The van der Waals surface area contributed by atoms with Crippen LogP contribution in [0.2, 0.25) is 0 Å². The average Bonchev–Trinajstić information content (AvgIpc) is 3.36. The van der Waals surface area contributed by atoms with Crippen LogP contribution in [0.15, 0.2) is 34.3 Å². The Bertz CT molecular complexity index is 847. The van der Waals surface area contributed by atoms with E-state index in [2.05, 4.69) is 41.1 Å². The van der Waals surface area contributed by atoms with Crippen molar-refractivity contribution >= 4 is 12.1 Å². The van der Waals surface area contributed by atoms with Gasteiger partial charge in [-0.15, -0.1) is 0 Å². The van der Waals surface area contributed by atoms with Crippen LogP contribution >= 0.6 is 0 Å². The summed E-state index contributed by atoms with van der Waals surface area (Å²) >= 11 is 0. The monoisotopic (exact) mass is 398 g/mol. The van der Waals surface area contributed by atoms with Gasteiger partial charge in [-0.05, 0) is 38.7 Å². The molecule has 0 spiro atoms.